The molecule has 1 amide bonds. The number of H-pyrrole nitrogens is 1. The number of benzene rings is 1. The minimum atomic E-state index is -0.445. The number of amides is 1. The summed E-state index contributed by atoms with van der Waals surface area (Å²) in [5, 5.41) is 20.3. The van der Waals surface area contributed by atoms with Crippen LogP contribution in [0.15, 0.2) is 30.3 Å². The van der Waals surface area contributed by atoms with Crippen LogP contribution < -0.4 is 5.32 Å². The summed E-state index contributed by atoms with van der Waals surface area (Å²) in [7, 11) is 0. The summed E-state index contributed by atoms with van der Waals surface area (Å²) in [4.78, 5) is 22.2. The van der Waals surface area contributed by atoms with Gasteiger partial charge in [-0.1, -0.05) is 18.6 Å². The monoisotopic (exact) mass is 286 g/mol. The summed E-state index contributed by atoms with van der Waals surface area (Å²) in [6.45, 7) is 0. The van der Waals surface area contributed by atoms with Crippen molar-refractivity contribution in [3.05, 3.63) is 40.4 Å². The Hall–Kier alpha value is -2.70. The van der Waals surface area contributed by atoms with Crippen molar-refractivity contribution < 1.29 is 9.72 Å². The second kappa shape index (κ2) is 5.35. The van der Waals surface area contributed by atoms with Crippen LogP contribution in [-0.4, -0.2) is 21.0 Å². The van der Waals surface area contributed by atoms with E-state index in [1.54, 1.807) is 18.2 Å². The predicted molar refractivity (Wildman–Crippen MR) is 76.6 cm³/mol. The van der Waals surface area contributed by atoms with E-state index in [9.17, 15) is 14.9 Å². The van der Waals surface area contributed by atoms with Gasteiger partial charge < -0.3 is 5.32 Å². The summed E-state index contributed by atoms with van der Waals surface area (Å²) in [5.41, 5.74) is 1.30. The smallest absolute Gasteiger partial charge is 0.270 e. The highest BCUT2D eigenvalue weighted by atomic mass is 16.6. The Kier molecular flexibility index (Phi) is 3.39. The van der Waals surface area contributed by atoms with E-state index >= 15 is 0 Å². The van der Waals surface area contributed by atoms with Gasteiger partial charge in [0.1, 0.15) is 0 Å². The Morgan fingerprint density at radius 3 is 2.86 bits per heavy atom. The molecule has 1 saturated carbocycles. The Labute approximate surface area is 120 Å². The van der Waals surface area contributed by atoms with Crippen molar-refractivity contribution >= 4 is 17.4 Å². The standard InChI is InChI=1S/C14H14N4O3/c19-14(9-3-1-4-9)15-13-8-12(16-17-13)10-5-2-6-11(7-10)18(20)21/h2,5-9H,1,3-4H2,(H2,15,16,17,19). The molecule has 0 aliphatic heterocycles. The largest absolute Gasteiger partial charge is 0.309 e. The minimum absolute atomic E-state index is 0.0154. The maximum absolute atomic E-state index is 11.8. The number of nitro benzene ring substituents is 1. The molecule has 0 saturated heterocycles. The maximum Gasteiger partial charge on any atom is 0.270 e. The fourth-order valence-electron chi connectivity index (χ4n) is 2.22. The highest BCUT2D eigenvalue weighted by molar-refractivity contribution is 5.92. The van der Waals surface area contributed by atoms with Crippen molar-refractivity contribution in [2.24, 2.45) is 5.92 Å². The van der Waals surface area contributed by atoms with E-state index < -0.39 is 4.92 Å². The maximum atomic E-state index is 11.8. The highest BCUT2D eigenvalue weighted by Gasteiger charge is 2.25. The first kappa shape index (κ1) is 13.3. The van der Waals surface area contributed by atoms with Crippen LogP contribution in [-0.2, 0) is 4.79 Å². The third kappa shape index (κ3) is 2.76. The zero-order chi connectivity index (χ0) is 14.8. The van der Waals surface area contributed by atoms with Gasteiger partial charge in [0.25, 0.3) is 5.69 Å². The van der Waals surface area contributed by atoms with E-state index in [1.165, 1.54) is 12.1 Å². The van der Waals surface area contributed by atoms with Crippen molar-refractivity contribution in [3.63, 3.8) is 0 Å². The zero-order valence-corrected chi connectivity index (χ0v) is 11.2. The molecule has 2 N–H and O–H groups in total. The molecular weight excluding hydrogens is 272 g/mol. The van der Waals surface area contributed by atoms with Gasteiger partial charge >= 0.3 is 0 Å². The summed E-state index contributed by atoms with van der Waals surface area (Å²) >= 11 is 0. The van der Waals surface area contributed by atoms with E-state index in [4.69, 9.17) is 0 Å². The molecule has 2 aromatic rings. The normalized spacial score (nSPS) is 14.5. The Bertz CT molecular complexity index is 691. The van der Waals surface area contributed by atoms with Gasteiger partial charge in [-0.05, 0) is 12.8 Å². The number of aromatic amines is 1. The first-order chi connectivity index (χ1) is 10.1. The zero-order valence-electron chi connectivity index (χ0n) is 11.2. The van der Waals surface area contributed by atoms with Crippen molar-refractivity contribution in [2.75, 3.05) is 5.32 Å². The first-order valence-electron chi connectivity index (χ1n) is 6.74. The minimum Gasteiger partial charge on any atom is -0.309 e. The molecule has 0 atom stereocenters. The number of aromatic nitrogens is 2. The molecular formula is C14H14N4O3. The lowest BCUT2D eigenvalue weighted by atomic mass is 9.85. The Balaban J connectivity index is 1.76. The number of nitrogens with zero attached hydrogens (tertiary/aromatic N) is 2. The molecule has 1 aromatic carbocycles. The average molecular weight is 286 g/mol. The van der Waals surface area contributed by atoms with E-state index in [0.29, 0.717) is 17.1 Å². The predicted octanol–water partition coefficient (Wildman–Crippen LogP) is 2.72. The first-order valence-corrected chi connectivity index (χ1v) is 6.74. The van der Waals surface area contributed by atoms with Gasteiger partial charge in [0.2, 0.25) is 5.91 Å². The van der Waals surface area contributed by atoms with Gasteiger partial charge in [-0.2, -0.15) is 5.10 Å². The second-order valence-corrected chi connectivity index (χ2v) is 5.09. The molecule has 3 rings (SSSR count). The van der Waals surface area contributed by atoms with E-state index in [0.717, 1.165) is 19.3 Å². The third-order valence-corrected chi connectivity index (χ3v) is 3.67. The number of nitro groups is 1. The molecule has 1 aliphatic rings. The molecule has 1 fully saturated rings. The Morgan fingerprint density at radius 1 is 1.38 bits per heavy atom. The number of carbonyl (C=O) groups excluding carboxylic acids is 1. The number of anilines is 1. The van der Waals surface area contributed by atoms with Crippen LogP contribution in [0.4, 0.5) is 11.5 Å². The van der Waals surface area contributed by atoms with Crippen LogP contribution in [0.1, 0.15) is 19.3 Å². The van der Waals surface area contributed by atoms with Crippen LogP contribution in [0.5, 0.6) is 0 Å². The lowest BCUT2D eigenvalue weighted by Gasteiger charge is -2.23. The molecule has 0 unspecified atom stereocenters. The van der Waals surface area contributed by atoms with E-state index in [-0.39, 0.29) is 17.5 Å². The van der Waals surface area contributed by atoms with Crippen molar-refractivity contribution in [3.8, 4) is 11.3 Å². The number of nitrogens with one attached hydrogen (secondary N) is 2. The van der Waals surface area contributed by atoms with Crippen molar-refractivity contribution in [1.82, 2.24) is 10.2 Å². The molecule has 0 spiro atoms. The number of hydrogen-bond acceptors (Lipinski definition) is 4. The lowest BCUT2D eigenvalue weighted by Crippen LogP contribution is -2.28. The van der Waals surface area contributed by atoms with Crippen LogP contribution >= 0.6 is 0 Å². The van der Waals surface area contributed by atoms with Crippen LogP contribution in [0, 0.1) is 16.0 Å². The fraction of sp³-hybridized carbons (Fsp3) is 0.286. The molecule has 7 heteroatoms. The molecule has 1 heterocycles. The number of rotatable bonds is 4. The van der Waals surface area contributed by atoms with Crippen molar-refractivity contribution in [1.29, 1.82) is 0 Å². The van der Waals surface area contributed by atoms with Gasteiger partial charge in [-0.15, -0.1) is 0 Å². The van der Waals surface area contributed by atoms with Crippen LogP contribution in [0.3, 0.4) is 0 Å². The Morgan fingerprint density at radius 2 is 2.19 bits per heavy atom. The quantitative estimate of drug-likeness (QED) is 0.666. The summed E-state index contributed by atoms with van der Waals surface area (Å²) < 4.78 is 0. The van der Waals surface area contributed by atoms with Crippen molar-refractivity contribution in [2.45, 2.75) is 19.3 Å². The third-order valence-electron chi connectivity index (χ3n) is 3.67. The second-order valence-electron chi connectivity index (χ2n) is 5.09. The van der Waals surface area contributed by atoms with Crippen LogP contribution in [0.25, 0.3) is 11.3 Å². The highest BCUT2D eigenvalue weighted by Crippen LogP contribution is 2.28. The number of hydrogen-bond donors (Lipinski definition) is 2. The van der Waals surface area contributed by atoms with Gasteiger partial charge in [-0.3, -0.25) is 20.0 Å². The molecule has 0 bridgehead atoms. The van der Waals surface area contributed by atoms with Gasteiger partial charge in [-0.25, -0.2) is 0 Å². The van der Waals surface area contributed by atoms with E-state index in [2.05, 4.69) is 15.5 Å². The van der Waals surface area contributed by atoms with Gasteiger partial charge in [0, 0.05) is 29.7 Å². The lowest BCUT2D eigenvalue weighted by molar-refractivity contribution is -0.384. The topological polar surface area (TPSA) is 101 Å². The van der Waals surface area contributed by atoms with Gasteiger partial charge in [0.15, 0.2) is 5.82 Å². The molecule has 1 aromatic heterocycles. The molecule has 108 valence electrons. The summed E-state index contributed by atoms with van der Waals surface area (Å²) in [5.74, 6) is 0.509. The van der Waals surface area contributed by atoms with Gasteiger partial charge in [0.05, 0.1) is 10.6 Å². The molecule has 1 aliphatic carbocycles. The average Bonchev–Trinajstić information content (AvgIpc) is 2.85. The summed E-state index contributed by atoms with van der Waals surface area (Å²) in [6, 6.07) is 7.93. The number of non-ortho nitro benzene ring substituents is 1. The summed E-state index contributed by atoms with van der Waals surface area (Å²) in [6.07, 6.45) is 2.94. The number of carbonyl (C=O) groups is 1. The molecule has 21 heavy (non-hydrogen) atoms. The van der Waals surface area contributed by atoms with E-state index in [1.807, 2.05) is 0 Å². The van der Waals surface area contributed by atoms with Crippen LogP contribution in [0.2, 0.25) is 0 Å². The molecule has 0 radical (unpaired) electrons. The fourth-order valence-corrected chi connectivity index (χ4v) is 2.22. The SMILES string of the molecule is O=C(Nc1cc(-c2cccc([N+](=O)[O-])c2)[nH]n1)C1CCC1. The molecule has 7 nitrogen and oxygen atoms in total.